The average Bonchev–Trinajstić information content (AvgIpc) is 1.77. The zero-order valence-electron chi connectivity index (χ0n) is 6.43. The predicted octanol–water partition coefficient (Wildman–Crippen LogP) is 0.675. The smallest absolute Gasteiger partial charge is 0.0570 e. The van der Waals surface area contributed by atoms with Crippen molar-refractivity contribution in [1.82, 2.24) is 5.32 Å². The van der Waals surface area contributed by atoms with Gasteiger partial charge in [-0.15, -0.1) is 0 Å². The molecule has 2 nitrogen and oxygen atoms in total. The topological polar surface area (TPSA) is 32.3 Å². The Kier molecular flexibility index (Phi) is 2.46. The molecule has 2 N–H and O–H groups in total. The summed E-state index contributed by atoms with van der Waals surface area (Å²) in [5.41, 5.74) is 1.15. The van der Waals surface area contributed by atoms with Gasteiger partial charge in [-0.25, -0.2) is 0 Å². The Labute approximate surface area is 61.9 Å². The minimum Gasteiger partial charge on any atom is -0.393 e. The Balaban J connectivity index is 2.00. The molecule has 10 heavy (non-hydrogen) atoms. The van der Waals surface area contributed by atoms with Crippen molar-refractivity contribution in [2.75, 3.05) is 6.54 Å². The van der Waals surface area contributed by atoms with Crippen LogP contribution in [-0.4, -0.2) is 23.8 Å². The number of rotatable bonds is 3. The van der Waals surface area contributed by atoms with Gasteiger partial charge in [0, 0.05) is 12.6 Å². The largest absolute Gasteiger partial charge is 0.393 e. The van der Waals surface area contributed by atoms with Crippen molar-refractivity contribution in [1.29, 1.82) is 0 Å². The summed E-state index contributed by atoms with van der Waals surface area (Å²) in [5.74, 6) is 0. The third-order valence-electron chi connectivity index (χ3n) is 1.81. The number of aliphatic hydroxyl groups is 1. The third-order valence-corrected chi connectivity index (χ3v) is 1.81. The fourth-order valence-electron chi connectivity index (χ4n) is 1.07. The highest BCUT2D eigenvalue weighted by Gasteiger charge is 2.25. The van der Waals surface area contributed by atoms with Gasteiger partial charge in [-0.3, -0.25) is 0 Å². The predicted molar refractivity (Wildman–Crippen MR) is 41.8 cm³/mol. The summed E-state index contributed by atoms with van der Waals surface area (Å²) in [7, 11) is 0. The molecule has 0 saturated heterocycles. The molecular weight excluding hydrogens is 126 g/mol. The van der Waals surface area contributed by atoms with Crippen LogP contribution in [0, 0.1) is 0 Å². The Morgan fingerprint density at radius 2 is 2.30 bits per heavy atom. The van der Waals surface area contributed by atoms with Gasteiger partial charge in [0.15, 0.2) is 0 Å². The molecule has 0 aliphatic heterocycles. The maximum Gasteiger partial charge on any atom is 0.0570 e. The molecule has 0 unspecified atom stereocenters. The van der Waals surface area contributed by atoms with E-state index < -0.39 is 0 Å². The molecule has 1 saturated carbocycles. The van der Waals surface area contributed by atoms with Crippen molar-refractivity contribution >= 4 is 0 Å². The van der Waals surface area contributed by atoms with Gasteiger partial charge in [0.1, 0.15) is 0 Å². The van der Waals surface area contributed by atoms with Gasteiger partial charge in [0.25, 0.3) is 0 Å². The first-order valence-electron chi connectivity index (χ1n) is 3.74. The summed E-state index contributed by atoms with van der Waals surface area (Å²) in [6.07, 6.45) is 1.77. The summed E-state index contributed by atoms with van der Waals surface area (Å²) in [5, 5.41) is 12.2. The summed E-state index contributed by atoms with van der Waals surface area (Å²) in [6.45, 7) is 6.67. The molecule has 0 heterocycles. The monoisotopic (exact) mass is 141 g/mol. The molecule has 0 aromatic rings. The second-order valence-corrected chi connectivity index (χ2v) is 3.16. The van der Waals surface area contributed by atoms with E-state index in [0.29, 0.717) is 6.04 Å². The second-order valence-electron chi connectivity index (χ2n) is 3.16. The second kappa shape index (κ2) is 3.17. The minimum absolute atomic E-state index is 0.0531. The van der Waals surface area contributed by atoms with Crippen LogP contribution >= 0.6 is 0 Å². The maximum atomic E-state index is 8.92. The first-order chi connectivity index (χ1) is 4.68. The van der Waals surface area contributed by atoms with Gasteiger partial charge in [0.05, 0.1) is 6.10 Å². The SMILES string of the molecule is C=C(C)CNC1CC(O)C1. The van der Waals surface area contributed by atoms with E-state index in [0.717, 1.165) is 25.0 Å². The van der Waals surface area contributed by atoms with E-state index >= 15 is 0 Å². The molecule has 0 spiro atoms. The molecule has 0 bridgehead atoms. The fraction of sp³-hybridized carbons (Fsp3) is 0.750. The van der Waals surface area contributed by atoms with E-state index in [9.17, 15) is 0 Å². The highest BCUT2D eigenvalue weighted by molar-refractivity contribution is 4.94. The number of hydrogen-bond donors (Lipinski definition) is 2. The third kappa shape index (κ3) is 2.12. The average molecular weight is 141 g/mol. The van der Waals surface area contributed by atoms with Crippen molar-refractivity contribution < 1.29 is 5.11 Å². The van der Waals surface area contributed by atoms with E-state index in [2.05, 4.69) is 11.9 Å². The molecule has 58 valence electrons. The minimum atomic E-state index is -0.0531. The Hall–Kier alpha value is -0.340. The van der Waals surface area contributed by atoms with Crippen molar-refractivity contribution in [3.8, 4) is 0 Å². The van der Waals surface area contributed by atoms with Crippen LogP contribution < -0.4 is 5.32 Å². The lowest BCUT2D eigenvalue weighted by molar-refractivity contribution is 0.0638. The standard InChI is InChI=1S/C8H15NO/c1-6(2)5-9-7-3-8(10)4-7/h7-10H,1,3-5H2,2H3. The first-order valence-corrected chi connectivity index (χ1v) is 3.74. The van der Waals surface area contributed by atoms with Crippen LogP contribution in [0.1, 0.15) is 19.8 Å². The molecule has 2 heteroatoms. The summed E-state index contributed by atoms with van der Waals surface area (Å²) in [6, 6.07) is 0.534. The van der Waals surface area contributed by atoms with Crippen molar-refractivity contribution in [2.45, 2.75) is 31.9 Å². The Morgan fingerprint density at radius 1 is 1.70 bits per heavy atom. The van der Waals surface area contributed by atoms with E-state index in [-0.39, 0.29) is 6.10 Å². The summed E-state index contributed by atoms with van der Waals surface area (Å²) < 4.78 is 0. The van der Waals surface area contributed by atoms with Crippen LogP contribution in [0.2, 0.25) is 0 Å². The van der Waals surface area contributed by atoms with Gasteiger partial charge >= 0.3 is 0 Å². The fourth-order valence-corrected chi connectivity index (χ4v) is 1.07. The number of nitrogens with one attached hydrogen (secondary N) is 1. The number of hydrogen-bond acceptors (Lipinski definition) is 2. The molecule has 1 aliphatic carbocycles. The highest BCUT2D eigenvalue weighted by Crippen LogP contribution is 2.18. The maximum absolute atomic E-state index is 8.92. The lowest BCUT2D eigenvalue weighted by Crippen LogP contribution is -2.44. The Morgan fingerprint density at radius 3 is 2.70 bits per heavy atom. The zero-order chi connectivity index (χ0) is 7.56. The van der Waals surface area contributed by atoms with Crippen LogP contribution in [0.25, 0.3) is 0 Å². The summed E-state index contributed by atoms with van der Waals surface area (Å²) >= 11 is 0. The molecule has 0 aromatic carbocycles. The molecule has 0 amide bonds. The van der Waals surface area contributed by atoms with E-state index in [1.165, 1.54) is 0 Å². The first kappa shape index (κ1) is 7.76. The van der Waals surface area contributed by atoms with Crippen LogP contribution in [0.4, 0.5) is 0 Å². The van der Waals surface area contributed by atoms with Crippen LogP contribution in [-0.2, 0) is 0 Å². The zero-order valence-corrected chi connectivity index (χ0v) is 6.43. The highest BCUT2D eigenvalue weighted by atomic mass is 16.3. The normalized spacial score (nSPS) is 31.4. The van der Waals surface area contributed by atoms with Crippen molar-refractivity contribution in [3.63, 3.8) is 0 Å². The van der Waals surface area contributed by atoms with Gasteiger partial charge < -0.3 is 10.4 Å². The van der Waals surface area contributed by atoms with E-state index in [1.807, 2.05) is 6.92 Å². The van der Waals surface area contributed by atoms with Gasteiger partial charge in [-0.2, -0.15) is 0 Å². The number of aliphatic hydroxyl groups excluding tert-OH is 1. The van der Waals surface area contributed by atoms with Crippen LogP contribution in [0.5, 0.6) is 0 Å². The van der Waals surface area contributed by atoms with Gasteiger partial charge in [0.2, 0.25) is 0 Å². The van der Waals surface area contributed by atoms with Gasteiger partial charge in [-0.05, 0) is 19.8 Å². The van der Waals surface area contributed by atoms with Gasteiger partial charge in [-0.1, -0.05) is 12.2 Å². The van der Waals surface area contributed by atoms with E-state index in [1.54, 1.807) is 0 Å². The lowest BCUT2D eigenvalue weighted by Gasteiger charge is -2.32. The molecule has 1 aliphatic rings. The van der Waals surface area contributed by atoms with Crippen molar-refractivity contribution in [3.05, 3.63) is 12.2 Å². The van der Waals surface area contributed by atoms with Crippen LogP contribution in [0.15, 0.2) is 12.2 Å². The quantitative estimate of drug-likeness (QED) is 0.566. The van der Waals surface area contributed by atoms with E-state index in [4.69, 9.17) is 5.11 Å². The molecule has 1 fully saturated rings. The molecule has 0 aromatic heterocycles. The van der Waals surface area contributed by atoms with Crippen molar-refractivity contribution in [2.24, 2.45) is 0 Å². The molecule has 1 rings (SSSR count). The Bertz CT molecular complexity index is 127. The lowest BCUT2D eigenvalue weighted by atomic mass is 9.89. The molecule has 0 radical (unpaired) electrons. The van der Waals surface area contributed by atoms with Crippen LogP contribution in [0.3, 0.4) is 0 Å². The molecule has 0 atom stereocenters. The molecular formula is C8H15NO. The summed E-state index contributed by atoms with van der Waals surface area (Å²) in [4.78, 5) is 0.